The van der Waals surface area contributed by atoms with Crippen molar-refractivity contribution in [2.75, 3.05) is 5.32 Å². The first kappa shape index (κ1) is 17.3. The highest BCUT2D eigenvalue weighted by Crippen LogP contribution is 2.26. The van der Waals surface area contributed by atoms with E-state index in [-0.39, 0.29) is 23.9 Å². The first-order valence-electron chi connectivity index (χ1n) is 8.17. The molecular weight excluding hydrogens is 292 g/mol. The molecule has 1 fully saturated rings. The van der Waals surface area contributed by atoms with Crippen molar-refractivity contribution >= 4 is 17.6 Å². The van der Waals surface area contributed by atoms with Gasteiger partial charge in [-0.1, -0.05) is 25.0 Å². The smallest absolute Gasteiger partial charge is 0.316 e. The second kappa shape index (κ2) is 7.97. The molecule has 2 rings (SSSR count). The summed E-state index contributed by atoms with van der Waals surface area (Å²) in [7, 11) is 0. The van der Waals surface area contributed by atoms with Crippen LogP contribution in [0.2, 0.25) is 0 Å². The van der Waals surface area contributed by atoms with Gasteiger partial charge in [-0.2, -0.15) is 0 Å². The Hall–Kier alpha value is -2.08. The van der Waals surface area contributed by atoms with Crippen molar-refractivity contribution in [2.24, 2.45) is 17.4 Å². The van der Waals surface area contributed by atoms with Crippen LogP contribution in [-0.2, 0) is 4.79 Å². The highest BCUT2D eigenvalue weighted by Gasteiger charge is 2.24. The molecule has 6 nitrogen and oxygen atoms in total. The maximum absolute atomic E-state index is 12.2. The predicted octanol–water partition coefficient (Wildman–Crippen LogP) is 2.26. The summed E-state index contributed by atoms with van der Waals surface area (Å²) in [4.78, 5) is 23.0. The normalized spacial score (nSPS) is 22.2. The molecule has 3 amide bonds. The van der Waals surface area contributed by atoms with Crippen molar-refractivity contribution in [3.63, 3.8) is 0 Å². The summed E-state index contributed by atoms with van der Waals surface area (Å²) in [5, 5.41) is 5.53. The van der Waals surface area contributed by atoms with Crippen LogP contribution in [0.1, 0.15) is 50.6 Å². The number of carbonyl (C=O) groups excluding carboxylic acids is 2. The topological polar surface area (TPSA) is 110 Å². The lowest BCUT2D eigenvalue weighted by molar-refractivity contribution is -0.123. The average molecular weight is 318 g/mol. The fraction of sp³-hybridized carbons (Fsp3) is 0.529. The van der Waals surface area contributed by atoms with Crippen LogP contribution in [0.3, 0.4) is 0 Å². The van der Waals surface area contributed by atoms with E-state index in [9.17, 15) is 9.59 Å². The highest BCUT2D eigenvalue weighted by atomic mass is 16.2. The molecule has 23 heavy (non-hydrogen) atoms. The molecule has 1 aromatic rings. The zero-order valence-electron chi connectivity index (χ0n) is 13.5. The number of hydrogen-bond acceptors (Lipinski definition) is 3. The summed E-state index contributed by atoms with van der Waals surface area (Å²) < 4.78 is 0. The molecule has 1 aliphatic rings. The van der Waals surface area contributed by atoms with E-state index in [1.807, 2.05) is 19.1 Å². The molecule has 1 aromatic carbocycles. The number of amides is 3. The van der Waals surface area contributed by atoms with Crippen LogP contribution < -0.4 is 22.1 Å². The van der Waals surface area contributed by atoms with E-state index in [1.165, 1.54) is 6.42 Å². The second-order valence-corrected chi connectivity index (χ2v) is 6.31. The van der Waals surface area contributed by atoms with Crippen LogP contribution in [0.4, 0.5) is 10.5 Å². The fourth-order valence-corrected chi connectivity index (χ4v) is 3.11. The highest BCUT2D eigenvalue weighted by molar-refractivity contribution is 5.87. The standard InChI is InChI=1S/C17H26N4O2/c1-11(12-6-8-14(9-7-12)21-17(19)23)20-16(22)10-13-4-2-3-5-15(13)18/h6-9,11,13,15H,2-5,10,18H2,1H3,(H,20,22)(H3,19,21,23). The van der Waals surface area contributed by atoms with E-state index >= 15 is 0 Å². The molecule has 6 heteroatoms. The van der Waals surface area contributed by atoms with Gasteiger partial charge in [0, 0.05) is 18.2 Å². The number of primary amides is 1. The van der Waals surface area contributed by atoms with E-state index in [2.05, 4.69) is 10.6 Å². The summed E-state index contributed by atoms with van der Waals surface area (Å²) in [6.45, 7) is 1.94. The van der Waals surface area contributed by atoms with Crippen molar-refractivity contribution in [1.82, 2.24) is 5.32 Å². The van der Waals surface area contributed by atoms with Gasteiger partial charge in [-0.15, -0.1) is 0 Å². The molecule has 3 unspecified atom stereocenters. The number of carbonyl (C=O) groups is 2. The summed E-state index contributed by atoms with van der Waals surface area (Å²) in [5.74, 6) is 0.331. The SMILES string of the molecule is CC(NC(=O)CC1CCCCC1N)c1ccc(NC(N)=O)cc1. The first-order chi connectivity index (χ1) is 11.0. The van der Waals surface area contributed by atoms with Gasteiger partial charge in [-0.25, -0.2) is 4.79 Å². The number of nitrogens with one attached hydrogen (secondary N) is 2. The quantitative estimate of drug-likeness (QED) is 0.668. The number of hydrogen-bond donors (Lipinski definition) is 4. The van der Waals surface area contributed by atoms with Crippen LogP contribution in [-0.4, -0.2) is 18.0 Å². The molecule has 6 N–H and O–H groups in total. The van der Waals surface area contributed by atoms with E-state index in [0.717, 1.165) is 24.8 Å². The van der Waals surface area contributed by atoms with Gasteiger partial charge >= 0.3 is 6.03 Å². The van der Waals surface area contributed by atoms with Crippen molar-refractivity contribution in [3.05, 3.63) is 29.8 Å². The minimum atomic E-state index is -0.595. The third-order valence-corrected chi connectivity index (χ3v) is 4.47. The Morgan fingerprint density at radius 3 is 2.48 bits per heavy atom. The van der Waals surface area contributed by atoms with Crippen molar-refractivity contribution in [3.8, 4) is 0 Å². The van der Waals surface area contributed by atoms with Crippen molar-refractivity contribution in [1.29, 1.82) is 0 Å². The molecule has 3 atom stereocenters. The predicted molar refractivity (Wildman–Crippen MR) is 90.8 cm³/mol. The molecule has 0 aliphatic heterocycles. The molecule has 0 aromatic heterocycles. The Morgan fingerprint density at radius 2 is 1.87 bits per heavy atom. The van der Waals surface area contributed by atoms with Crippen LogP contribution in [0.15, 0.2) is 24.3 Å². The summed E-state index contributed by atoms with van der Waals surface area (Å²) in [5.41, 5.74) is 12.8. The number of anilines is 1. The third kappa shape index (κ3) is 5.25. The minimum absolute atomic E-state index is 0.0409. The van der Waals surface area contributed by atoms with Crippen LogP contribution in [0, 0.1) is 5.92 Å². The van der Waals surface area contributed by atoms with Crippen molar-refractivity contribution < 1.29 is 9.59 Å². The molecule has 1 saturated carbocycles. The lowest BCUT2D eigenvalue weighted by Crippen LogP contribution is -2.37. The van der Waals surface area contributed by atoms with Gasteiger partial charge < -0.3 is 22.1 Å². The van der Waals surface area contributed by atoms with Crippen LogP contribution in [0.5, 0.6) is 0 Å². The number of nitrogens with two attached hydrogens (primary N) is 2. The van der Waals surface area contributed by atoms with E-state index in [0.29, 0.717) is 12.1 Å². The molecular formula is C17H26N4O2. The van der Waals surface area contributed by atoms with Crippen LogP contribution >= 0.6 is 0 Å². The summed E-state index contributed by atoms with van der Waals surface area (Å²) in [6.07, 6.45) is 4.88. The maximum Gasteiger partial charge on any atom is 0.316 e. The van der Waals surface area contributed by atoms with E-state index in [4.69, 9.17) is 11.5 Å². The Bertz CT molecular complexity index is 544. The Kier molecular flexibility index (Phi) is 5.98. The van der Waals surface area contributed by atoms with Crippen molar-refractivity contribution in [2.45, 2.75) is 51.1 Å². The van der Waals surface area contributed by atoms with E-state index < -0.39 is 6.03 Å². The van der Waals surface area contributed by atoms with Gasteiger partial charge in [-0.3, -0.25) is 4.79 Å². The van der Waals surface area contributed by atoms with Gasteiger partial charge in [0.15, 0.2) is 0 Å². The molecule has 0 radical (unpaired) electrons. The molecule has 0 bridgehead atoms. The molecule has 0 saturated heterocycles. The number of benzene rings is 1. The maximum atomic E-state index is 12.2. The lowest BCUT2D eigenvalue weighted by atomic mass is 9.83. The fourth-order valence-electron chi connectivity index (χ4n) is 3.11. The molecule has 1 aliphatic carbocycles. The summed E-state index contributed by atoms with van der Waals surface area (Å²) in [6, 6.07) is 6.71. The molecule has 126 valence electrons. The second-order valence-electron chi connectivity index (χ2n) is 6.31. The number of urea groups is 1. The molecule has 0 heterocycles. The summed E-state index contributed by atoms with van der Waals surface area (Å²) >= 11 is 0. The van der Waals surface area contributed by atoms with Gasteiger partial charge in [-0.05, 0) is 43.4 Å². The Morgan fingerprint density at radius 1 is 1.22 bits per heavy atom. The van der Waals surface area contributed by atoms with Gasteiger partial charge in [0.1, 0.15) is 0 Å². The lowest BCUT2D eigenvalue weighted by Gasteiger charge is -2.28. The minimum Gasteiger partial charge on any atom is -0.351 e. The zero-order chi connectivity index (χ0) is 16.8. The van der Waals surface area contributed by atoms with Gasteiger partial charge in [0.05, 0.1) is 6.04 Å². The zero-order valence-corrected chi connectivity index (χ0v) is 13.5. The largest absolute Gasteiger partial charge is 0.351 e. The van der Waals surface area contributed by atoms with Crippen LogP contribution in [0.25, 0.3) is 0 Å². The Labute approximate surface area is 137 Å². The van der Waals surface area contributed by atoms with E-state index in [1.54, 1.807) is 12.1 Å². The first-order valence-corrected chi connectivity index (χ1v) is 8.17. The third-order valence-electron chi connectivity index (χ3n) is 4.47. The van der Waals surface area contributed by atoms with Gasteiger partial charge in [0.25, 0.3) is 0 Å². The van der Waals surface area contributed by atoms with Gasteiger partial charge in [0.2, 0.25) is 5.91 Å². The average Bonchev–Trinajstić information content (AvgIpc) is 2.49. The Balaban J connectivity index is 1.86. The number of rotatable bonds is 5. The molecule has 0 spiro atoms. The monoisotopic (exact) mass is 318 g/mol.